The summed E-state index contributed by atoms with van der Waals surface area (Å²) >= 11 is 4.66. The summed E-state index contributed by atoms with van der Waals surface area (Å²) in [5.74, 6) is -0.448. The fourth-order valence-corrected chi connectivity index (χ4v) is 1.38. The van der Waals surface area contributed by atoms with Gasteiger partial charge in [0.1, 0.15) is 5.56 Å². The van der Waals surface area contributed by atoms with Crippen LogP contribution in [0.5, 0.6) is 5.88 Å². The lowest BCUT2D eigenvalue weighted by Crippen LogP contribution is -2.20. The highest BCUT2D eigenvalue weighted by Gasteiger charge is 2.05. The van der Waals surface area contributed by atoms with E-state index in [0.29, 0.717) is 6.42 Å². The minimum absolute atomic E-state index is 0.0125. The third kappa shape index (κ3) is 4.13. The van der Waals surface area contributed by atoms with Gasteiger partial charge in [-0.2, -0.15) is 5.10 Å². The Balaban J connectivity index is 2.77. The average Bonchev–Trinajstić information content (AvgIpc) is 2.20. The van der Waals surface area contributed by atoms with Crippen molar-refractivity contribution >= 4 is 24.3 Å². The highest BCUT2D eigenvalue weighted by Crippen LogP contribution is 2.03. The molecule has 4 N–H and O–H groups in total. The molecule has 0 aliphatic carbocycles. The summed E-state index contributed by atoms with van der Waals surface area (Å²) < 4.78 is 0.0125. The van der Waals surface area contributed by atoms with Gasteiger partial charge in [0.05, 0.1) is 6.21 Å². The number of aromatic nitrogens is 2. The Hall–Kier alpha value is -1.96. The van der Waals surface area contributed by atoms with Crippen LogP contribution in [-0.4, -0.2) is 27.2 Å². The first-order valence-corrected chi connectivity index (χ1v) is 5.68. The zero-order chi connectivity index (χ0) is 13.7. The molecule has 0 unspecified atom stereocenters. The number of nitrogens with one attached hydrogen (secondary N) is 3. The zero-order valence-electron chi connectivity index (χ0n) is 9.98. The Morgan fingerprint density at radius 1 is 1.56 bits per heavy atom. The minimum atomic E-state index is -0.585. The number of hydrogen-bond acceptors (Lipinski definition) is 5. The summed E-state index contributed by atoms with van der Waals surface area (Å²) in [6.07, 6.45) is 1.38. The summed E-state index contributed by atoms with van der Waals surface area (Å²) in [5.41, 5.74) is 1.57. The molecule has 98 valence electrons. The van der Waals surface area contributed by atoms with Crippen LogP contribution < -0.4 is 11.0 Å². The van der Waals surface area contributed by atoms with Gasteiger partial charge < -0.3 is 10.1 Å². The molecule has 1 rings (SSSR count). The van der Waals surface area contributed by atoms with Crippen molar-refractivity contribution in [3.05, 3.63) is 20.7 Å². The molecule has 1 amide bonds. The van der Waals surface area contributed by atoms with Gasteiger partial charge in [-0.05, 0) is 18.1 Å². The van der Waals surface area contributed by atoms with Crippen molar-refractivity contribution in [1.29, 1.82) is 0 Å². The molecule has 0 saturated carbocycles. The number of aromatic amines is 2. The van der Waals surface area contributed by atoms with E-state index >= 15 is 0 Å². The maximum atomic E-state index is 11.4. The molecular weight excluding hydrogens is 256 g/mol. The van der Waals surface area contributed by atoms with E-state index in [1.54, 1.807) is 0 Å². The third-order valence-electron chi connectivity index (χ3n) is 1.94. The highest BCUT2D eigenvalue weighted by atomic mass is 32.1. The summed E-state index contributed by atoms with van der Waals surface area (Å²) in [4.78, 5) is 27.3. The first-order valence-electron chi connectivity index (χ1n) is 5.27. The molecule has 0 fully saturated rings. The van der Waals surface area contributed by atoms with E-state index in [9.17, 15) is 14.7 Å². The molecule has 7 nitrogen and oxygen atoms in total. The number of aromatic hydroxyl groups is 1. The second-order valence-electron chi connectivity index (χ2n) is 4.06. The predicted molar refractivity (Wildman–Crippen MR) is 69.1 cm³/mol. The van der Waals surface area contributed by atoms with Gasteiger partial charge in [0.2, 0.25) is 11.8 Å². The van der Waals surface area contributed by atoms with Gasteiger partial charge in [0.25, 0.3) is 5.56 Å². The van der Waals surface area contributed by atoms with Gasteiger partial charge >= 0.3 is 0 Å². The van der Waals surface area contributed by atoms with Crippen molar-refractivity contribution in [1.82, 2.24) is 15.4 Å². The lowest BCUT2D eigenvalue weighted by molar-refractivity contribution is -0.121. The lowest BCUT2D eigenvalue weighted by atomic mass is 10.1. The molecule has 0 aliphatic heterocycles. The van der Waals surface area contributed by atoms with Crippen molar-refractivity contribution in [3.63, 3.8) is 0 Å². The molecular formula is C10H14N4O3S. The summed E-state index contributed by atoms with van der Waals surface area (Å²) in [5, 5.41) is 13.0. The van der Waals surface area contributed by atoms with Gasteiger partial charge in [-0.3, -0.25) is 14.6 Å². The number of carbonyl (C=O) groups is 1. The average molecular weight is 270 g/mol. The van der Waals surface area contributed by atoms with E-state index in [4.69, 9.17) is 0 Å². The van der Waals surface area contributed by atoms with Gasteiger partial charge in [-0.1, -0.05) is 13.8 Å². The van der Waals surface area contributed by atoms with Crippen molar-refractivity contribution < 1.29 is 9.90 Å². The second-order valence-corrected chi connectivity index (χ2v) is 4.47. The van der Waals surface area contributed by atoms with Crippen molar-refractivity contribution in [2.45, 2.75) is 20.3 Å². The Labute approximate surface area is 108 Å². The van der Waals surface area contributed by atoms with Crippen molar-refractivity contribution in [3.8, 4) is 5.88 Å². The molecule has 0 saturated heterocycles. The van der Waals surface area contributed by atoms with E-state index in [1.807, 2.05) is 13.8 Å². The van der Waals surface area contributed by atoms with Gasteiger partial charge in [0.15, 0.2) is 4.77 Å². The largest absolute Gasteiger partial charge is 0.494 e. The van der Waals surface area contributed by atoms with Crippen LogP contribution in [0.4, 0.5) is 0 Å². The van der Waals surface area contributed by atoms with Crippen LogP contribution in [0, 0.1) is 10.7 Å². The molecule has 0 spiro atoms. The standard InChI is InChI=1S/C10H14N4O3S/c1-5(2)3-7(15)14-11-4-6-8(16)12-10(18)13-9(6)17/h4-5H,3H2,1-2H3,(H,14,15)(H3,12,13,16,17,18). The van der Waals surface area contributed by atoms with Crippen LogP contribution in [0.1, 0.15) is 25.8 Å². The van der Waals surface area contributed by atoms with Crippen LogP contribution in [0.15, 0.2) is 9.90 Å². The maximum absolute atomic E-state index is 11.4. The first-order chi connectivity index (χ1) is 8.40. The first kappa shape index (κ1) is 14.1. The lowest BCUT2D eigenvalue weighted by Gasteiger charge is -2.02. The molecule has 0 aliphatic rings. The van der Waals surface area contributed by atoms with Crippen molar-refractivity contribution in [2.24, 2.45) is 11.0 Å². The fraction of sp³-hybridized carbons (Fsp3) is 0.400. The Morgan fingerprint density at radius 3 is 2.78 bits per heavy atom. The molecule has 1 aromatic rings. The molecule has 8 heteroatoms. The van der Waals surface area contributed by atoms with E-state index in [2.05, 4.69) is 32.7 Å². The maximum Gasteiger partial charge on any atom is 0.264 e. The summed E-state index contributed by atoms with van der Waals surface area (Å²) in [7, 11) is 0. The molecule has 1 aromatic heterocycles. The Morgan fingerprint density at radius 2 is 2.22 bits per heavy atom. The fourth-order valence-electron chi connectivity index (χ4n) is 1.19. The van der Waals surface area contributed by atoms with Crippen molar-refractivity contribution in [2.75, 3.05) is 0 Å². The number of amides is 1. The van der Waals surface area contributed by atoms with Crippen LogP contribution >= 0.6 is 12.2 Å². The van der Waals surface area contributed by atoms with Crippen LogP contribution in [-0.2, 0) is 4.79 Å². The number of H-pyrrole nitrogens is 2. The summed E-state index contributed by atoms with van der Waals surface area (Å²) in [6, 6.07) is 0. The zero-order valence-corrected chi connectivity index (χ0v) is 10.8. The Kier molecular flexibility index (Phi) is 4.78. The second kappa shape index (κ2) is 6.10. The minimum Gasteiger partial charge on any atom is -0.494 e. The van der Waals surface area contributed by atoms with Crippen LogP contribution in [0.25, 0.3) is 0 Å². The quantitative estimate of drug-likeness (QED) is 0.365. The molecule has 1 heterocycles. The Bertz CT molecular complexity index is 573. The number of carbonyl (C=O) groups excluding carboxylic acids is 1. The highest BCUT2D eigenvalue weighted by molar-refractivity contribution is 7.71. The number of rotatable bonds is 4. The summed E-state index contributed by atoms with van der Waals surface area (Å²) in [6.45, 7) is 3.80. The van der Waals surface area contributed by atoms with Gasteiger partial charge in [-0.15, -0.1) is 0 Å². The van der Waals surface area contributed by atoms with Gasteiger partial charge in [0, 0.05) is 6.42 Å². The van der Waals surface area contributed by atoms with Gasteiger partial charge in [-0.25, -0.2) is 5.43 Å². The SMILES string of the molecule is CC(C)CC(=O)NN=Cc1c(O)[nH]c(=S)[nH]c1=O. The molecule has 0 radical (unpaired) electrons. The van der Waals surface area contributed by atoms with E-state index < -0.39 is 11.4 Å². The third-order valence-corrected chi connectivity index (χ3v) is 2.14. The van der Waals surface area contributed by atoms with E-state index in [-0.39, 0.29) is 22.2 Å². The smallest absolute Gasteiger partial charge is 0.264 e. The topological polar surface area (TPSA) is 110 Å². The predicted octanol–water partition coefficient (Wildman–Crippen LogP) is 0.634. The van der Waals surface area contributed by atoms with E-state index in [0.717, 1.165) is 6.21 Å². The molecule has 0 atom stereocenters. The molecule has 0 bridgehead atoms. The molecule has 0 aromatic carbocycles. The molecule has 18 heavy (non-hydrogen) atoms. The number of hydrazone groups is 1. The van der Waals surface area contributed by atoms with Crippen LogP contribution in [0.2, 0.25) is 0 Å². The number of nitrogens with zero attached hydrogens (tertiary/aromatic N) is 1. The normalized spacial score (nSPS) is 11.1. The monoisotopic (exact) mass is 270 g/mol. The van der Waals surface area contributed by atoms with Crippen LogP contribution in [0.3, 0.4) is 0 Å². The van der Waals surface area contributed by atoms with E-state index in [1.165, 1.54) is 0 Å². The number of hydrogen-bond donors (Lipinski definition) is 4.